The van der Waals surface area contributed by atoms with Gasteiger partial charge >= 0.3 is 0 Å². The van der Waals surface area contributed by atoms with E-state index in [1.165, 1.54) is 10.5 Å². The highest BCUT2D eigenvalue weighted by Gasteiger charge is 2.07. The number of amides is 1. The van der Waals surface area contributed by atoms with Crippen molar-refractivity contribution in [2.24, 2.45) is 4.99 Å². The van der Waals surface area contributed by atoms with Crippen molar-refractivity contribution in [3.05, 3.63) is 65.7 Å². The van der Waals surface area contributed by atoms with Gasteiger partial charge in [0.25, 0.3) is 5.91 Å². The summed E-state index contributed by atoms with van der Waals surface area (Å²) in [6.07, 6.45) is 2.08. The Morgan fingerprint density at radius 2 is 1.78 bits per heavy atom. The van der Waals surface area contributed by atoms with E-state index in [1.807, 2.05) is 32.2 Å². The predicted molar refractivity (Wildman–Crippen MR) is 114 cm³/mol. The second kappa shape index (κ2) is 11.3. The zero-order valence-corrected chi connectivity index (χ0v) is 17.1. The second-order valence-electron chi connectivity index (χ2n) is 6.06. The normalized spacial score (nSPS) is 11.1. The number of hydrogen-bond donors (Lipinski definition) is 2. The van der Waals surface area contributed by atoms with Crippen molar-refractivity contribution in [2.45, 2.75) is 18.4 Å². The molecule has 0 aromatic heterocycles. The lowest BCUT2D eigenvalue weighted by Crippen LogP contribution is -2.39. The fourth-order valence-corrected chi connectivity index (χ4v) is 2.98. The van der Waals surface area contributed by atoms with Crippen LogP contribution in [0.1, 0.15) is 22.8 Å². The first-order valence-electron chi connectivity index (χ1n) is 9.09. The Balaban J connectivity index is 1.87. The van der Waals surface area contributed by atoms with E-state index in [2.05, 4.69) is 51.0 Å². The maximum atomic E-state index is 12.1. The lowest BCUT2D eigenvalue weighted by molar-refractivity contribution is 0.0955. The van der Waals surface area contributed by atoms with Crippen LogP contribution in [0.25, 0.3) is 0 Å². The Labute approximate surface area is 166 Å². The lowest BCUT2D eigenvalue weighted by atomic mass is 10.2. The van der Waals surface area contributed by atoms with Gasteiger partial charge < -0.3 is 15.5 Å². The van der Waals surface area contributed by atoms with Crippen molar-refractivity contribution in [3.63, 3.8) is 0 Å². The smallest absolute Gasteiger partial charge is 0.251 e. The molecular formula is C21H28N4OS. The molecule has 6 heteroatoms. The van der Waals surface area contributed by atoms with Crippen LogP contribution in [0.4, 0.5) is 0 Å². The van der Waals surface area contributed by atoms with Crippen molar-refractivity contribution in [3.8, 4) is 0 Å². The van der Waals surface area contributed by atoms with Gasteiger partial charge in [0, 0.05) is 37.1 Å². The fraction of sp³-hybridized carbons (Fsp3) is 0.333. The molecule has 2 aromatic rings. The molecule has 144 valence electrons. The van der Waals surface area contributed by atoms with Crippen LogP contribution in [0.2, 0.25) is 0 Å². The number of benzene rings is 2. The summed E-state index contributed by atoms with van der Waals surface area (Å²) in [4.78, 5) is 20.0. The summed E-state index contributed by atoms with van der Waals surface area (Å²) in [7, 11) is 2.02. The molecule has 0 saturated heterocycles. The zero-order valence-electron chi connectivity index (χ0n) is 16.2. The molecule has 0 heterocycles. The van der Waals surface area contributed by atoms with Crippen molar-refractivity contribution in [1.82, 2.24) is 15.5 Å². The van der Waals surface area contributed by atoms with E-state index in [0.717, 1.165) is 19.0 Å². The average Bonchev–Trinajstić information content (AvgIpc) is 2.71. The molecule has 0 unspecified atom stereocenters. The molecule has 2 aromatic carbocycles. The molecule has 0 aliphatic carbocycles. The standard InChI is InChI=1S/C21H28N4OS/c1-4-22-21(25(2)16-17-10-12-19(27-3)13-11-17)24-15-14-23-20(26)18-8-6-5-7-9-18/h5-13H,4,14-16H2,1-3H3,(H,22,24)(H,23,26). The Morgan fingerprint density at radius 3 is 2.41 bits per heavy atom. The minimum atomic E-state index is -0.0713. The minimum absolute atomic E-state index is 0.0713. The SMILES string of the molecule is CCNC(=NCCNC(=O)c1ccccc1)N(C)Cc1ccc(SC)cc1. The predicted octanol–water partition coefficient (Wildman–Crippen LogP) is 3.24. The van der Waals surface area contributed by atoms with Crippen LogP contribution in [-0.2, 0) is 6.54 Å². The third-order valence-corrected chi connectivity index (χ3v) is 4.71. The Morgan fingerprint density at radius 1 is 1.07 bits per heavy atom. The number of rotatable bonds is 8. The number of aliphatic imine (C=N–C) groups is 1. The molecule has 0 atom stereocenters. The quantitative estimate of drug-likeness (QED) is 0.318. The summed E-state index contributed by atoms with van der Waals surface area (Å²) >= 11 is 1.74. The summed E-state index contributed by atoms with van der Waals surface area (Å²) < 4.78 is 0. The molecule has 0 fully saturated rings. The topological polar surface area (TPSA) is 56.7 Å². The van der Waals surface area contributed by atoms with Crippen molar-refractivity contribution in [2.75, 3.05) is 32.9 Å². The molecule has 2 rings (SSSR count). The van der Waals surface area contributed by atoms with E-state index in [9.17, 15) is 4.79 Å². The number of carbonyl (C=O) groups excluding carboxylic acids is 1. The highest BCUT2D eigenvalue weighted by atomic mass is 32.2. The lowest BCUT2D eigenvalue weighted by Gasteiger charge is -2.22. The molecule has 0 bridgehead atoms. The van der Waals surface area contributed by atoms with Gasteiger partial charge in [0.05, 0.1) is 6.54 Å². The number of guanidine groups is 1. The molecule has 5 nitrogen and oxygen atoms in total. The maximum Gasteiger partial charge on any atom is 0.251 e. The van der Waals surface area contributed by atoms with E-state index >= 15 is 0 Å². The molecular weight excluding hydrogens is 356 g/mol. The number of thioether (sulfide) groups is 1. The van der Waals surface area contributed by atoms with Gasteiger partial charge in [0.1, 0.15) is 0 Å². The molecule has 2 N–H and O–H groups in total. The molecule has 0 aliphatic heterocycles. The van der Waals surface area contributed by atoms with Gasteiger partial charge in [-0.05, 0) is 43.0 Å². The van der Waals surface area contributed by atoms with Crippen LogP contribution >= 0.6 is 11.8 Å². The molecule has 0 spiro atoms. The van der Waals surface area contributed by atoms with Crippen molar-refractivity contribution in [1.29, 1.82) is 0 Å². The first-order valence-corrected chi connectivity index (χ1v) is 10.3. The van der Waals surface area contributed by atoms with Gasteiger partial charge in [-0.25, -0.2) is 0 Å². The first kappa shape index (κ1) is 20.8. The summed E-state index contributed by atoms with van der Waals surface area (Å²) in [5, 5.41) is 6.21. The van der Waals surface area contributed by atoms with Crippen molar-refractivity contribution >= 4 is 23.6 Å². The maximum absolute atomic E-state index is 12.1. The Hall–Kier alpha value is -2.47. The Bertz CT molecular complexity index is 732. The van der Waals surface area contributed by atoms with Crippen LogP contribution in [0.3, 0.4) is 0 Å². The number of nitrogens with one attached hydrogen (secondary N) is 2. The zero-order chi connectivity index (χ0) is 19.5. The van der Waals surface area contributed by atoms with E-state index in [4.69, 9.17) is 0 Å². The highest BCUT2D eigenvalue weighted by molar-refractivity contribution is 7.98. The minimum Gasteiger partial charge on any atom is -0.357 e. The third-order valence-electron chi connectivity index (χ3n) is 3.97. The van der Waals surface area contributed by atoms with Crippen LogP contribution in [0, 0.1) is 0 Å². The number of hydrogen-bond acceptors (Lipinski definition) is 3. The van der Waals surface area contributed by atoms with Gasteiger partial charge in [-0.15, -0.1) is 11.8 Å². The average molecular weight is 385 g/mol. The monoisotopic (exact) mass is 384 g/mol. The van der Waals surface area contributed by atoms with Gasteiger partial charge in [-0.1, -0.05) is 30.3 Å². The van der Waals surface area contributed by atoms with Crippen molar-refractivity contribution < 1.29 is 4.79 Å². The fourth-order valence-electron chi connectivity index (χ4n) is 2.57. The highest BCUT2D eigenvalue weighted by Crippen LogP contribution is 2.15. The Kier molecular flexibility index (Phi) is 8.71. The van der Waals surface area contributed by atoms with Crippen LogP contribution < -0.4 is 10.6 Å². The summed E-state index contributed by atoms with van der Waals surface area (Å²) in [6.45, 7) is 4.64. The molecule has 0 radical (unpaired) electrons. The second-order valence-corrected chi connectivity index (χ2v) is 6.94. The third kappa shape index (κ3) is 6.98. The van der Waals surface area contributed by atoms with E-state index in [-0.39, 0.29) is 5.91 Å². The summed E-state index contributed by atoms with van der Waals surface area (Å²) in [5.41, 5.74) is 1.90. The van der Waals surface area contributed by atoms with E-state index in [0.29, 0.717) is 18.7 Å². The summed E-state index contributed by atoms with van der Waals surface area (Å²) in [6, 6.07) is 17.8. The van der Waals surface area contributed by atoms with Gasteiger partial charge in [-0.3, -0.25) is 9.79 Å². The molecule has 1 amide bonds. The molecule has 0 saturated carbocycles. The number of carbonyl (C=O) groups is 1. The van der Waals surface area contributed by atoms with Gasteiger partial charge in [0.2, 0.25) is 0 Å². The van der Waals surface area contributed by atoms with Gasteiger partial charge in [-0.2, -0.15) is 0 Å². The van der Waals surface area contributed by atoms with E-state index < -0.39 is 0 Å². The van der Waals surface area contributed by atoms with E-state index in [1.54, 1.807) is 23.9 Å². The summed E-state index contributed by atoms with van der Waals surface area (Å²) in [5.74, 6) is 0.762. The molecule has 27 heavy (non-hydrogen) atoms. The number of nitrogens with zero attached hydrogens (tertiary/aromatic N) is 2. The van der Waals surface area contributed by atoms with Crippen LogP contribution in [0.15, 0.2) is 64.5 Å². The van der Waals surface area contributed by atoms with Crippen LogP contribution in [0.5, 0.6) is 0 Å². The van der Waals surface area contributed by atoms with Crippen LogP contribution in [-0.4, -0.2) is 49.7 Å². The largest absolute Gasteiger partial charge is 0.357 e. The molecule has 0 aliphatic rings. The van der Waals surface area contributed by atoms with Gasteiger partial charge in [0.15, 0.2) is 5.96 Å². The first-order chi connectivity index (χ1) is 13.1.